The number of benzene rings is 1. The largest absolute Gasteiger partial charge is 0.397 e. The number of hydrogen-bond acceptors (Lipinski definition) is 3. The van der Waals surface area contributed by atoms with Gasteiger partial charge in [-0.15, -0.1) is 0 Å². The molecular formula is C15H23N3O. The molecule has 0 atom stereocenters. The highest BCUT2D eigenvalue weighted by atomic mass is 16.2. The molecule has 0 spiro atoms. The normalized spacial score (nSPS) is 15.5. The summed E-state index contributed by atoms with van der Waals surface area (Å²) in [6.07, 6.45) is 5.06. The number of nitrogen functional groups attached to an aromatic ring is 1. The van der Waals surface area contributed by atoms with Gasteiger partial charge in [-0.2, -0.15) is 0 Å². The van der Waals surface area contributed by atoms with Crippen molar-refractivity contribution < 1.29 is 4.79 Å². The van der Waals surface area contributed by atoms with Crippen molar-refractivity contribution >= 4 is 17.3 Å². The van der Waals surface area contributed by atoms with Crippen LogP contribution >= 0.6 is 0 Å². The fraction of sp³-hybridized carbons (Fsp3) is 0.533. The number of nitrogens with two attached hydrogens (primary N) is 1. The minimum atomic E-state index is -0.0123. The molecule has 2 N–H and O–H groups in total. The summed E-state index contributed by atoms with van der Waals surface area (Å²) in [6.45, 7) is 0. The van der Waals surface area contributed by atoms with E-state index in [1.165, 1.54) is 25.7 Å². The maximum absolute atomic E-state index is 11.9. The molecule has 0 unspecified atom stereocenters. The monoisotopic (exact) mass is 261 g/mol. The first-order valence-electron chi connectivity index (χ1n) is 6.84. The van der Waals surface area contributed by atoms with Crippen molar-refractivity contribution in [2.45, 2.75) is 31.7 Å². The van der Waals surface area contributed by atoms with Crippen molar-refractivity contribution in [2.75, 3.05) is 31.8 Å². The van der Waals surface area contributed by atoms with E-state index in [4.69, 9.17) is 5.73 Å². The standard InChI is InChI=1S/C15H23N3O/c1-17(2)15(19)11-8-9-14(13(16)10-11)18(3)12-6-4-5-7-12/h8-10,12H,4-7,16H2,1-3H3. The Morgan fingerprint density at radius 3 is 2.37 bits per heavy atom. The van der Waals surface area contributed by atoms with Crippen LogP contribution in [-0.2, 0) is 0 Å². The molecule has 19 heavy (non-hydrogen) atoms. The Bertz CT molecular complexity index is 464. The molecular weight excluding hydrogens is 238 g/mol. The summed E-state index contributed by atoms with van der Waals surface area (Å²) in [6, 6.07) is 6.19. The lowest BCUT2D eigenvalue weighted by Gasteiger charge is -2.28. The minimum Gasteiger partial charge on any atom is -0.397 e. The van der Waals surface area contributed by atoms with Gasteiger partial charge in [0.2, 0.25) is 0 Å². The molecule has 0 radical (unpaired) electrons. The third-order valence-electron chi connectivity index (χ3n) is 3.93. The van der Waals surface area contributed by atoms with Crippen molar-refractivity contribution in [2.24, 2.45) is 0 Å². The SMILES string of the molecule is CN(C)C(=O)c1ccc(N(C)C2CCCC2)c(N)c1. The smallest absolute Gasteiger partial charge is 0.253 e. The van der Waals surface area contributed by atoms with Gasteiger partial charge >= 0.3 is 0 Å². The van der Waals surface area contributed by atoms with Crippen LogP contribution in [0.15, 0.2) is 18.2 Å². The first kappa shape index (κ1) is 13.7. The molecule has 1 aliphatic rings. The fourth-order valence-corrected chi connectivity index (χ4v) is 2.76. The van der Waals surface area contributed by atoms with Crippen molar-refractivity contribution in [3.8, 4) is 0 Å². The lowest BCUT2D eigenvalue weighted by molar-refractivity contribution is 0.0827. The third-order valence-corrected chi connectivity index (χ3v) is 3.93. The summed E-state index contributed by atoms with van der Waals surface area (Å²) in [4.78, 5) is 15.7. The second kappa shape index (κ2) is 5.51. The van der Waals surface area contributed by atoms with Gasteiger partial charge in [-0.3, -0.25) is 4.79 Å². The van der Waals surface area contributed by atoms with E-state index in [2.05, 4.69) is 11.9 Å². The summed E-state index contributed by atoms with van der Waals surface area (Å²) in [5, 5.41) is 0. The van der Waals surface area contributed by atoms with Crippen molar-refractivity contribution in [1.29, 1.82) is 0 Å². The fourth-order valence-electron chi connectivity index (χ4n) is 2.76. The van der Waals surface area contributed by atoms with Gasteiger partial charge in [0, 0.05) is 32.7 Å². The molecule has 0 aromatic heterocycles. The van der Waals surface area contributed by atoms with E-state index in [0.717, 1.165) is 5.69 Å². The van der Waals surface area contributed by atoms with Crippen molar-refractivity contribution in [3.63, 3.8) is 0 Å². The third kappa shape index (κ3) is 2.83. The van der Waals surface area contributed by atoms with E-state index in [1.54, 1.807) is 25.1 Å². The Morgan fingerprint density at radius 2 is 1.84 bits per heavy atom. The van der Waals surface area contributed by atoms with Gasteiger partial charge in [-0.25, -0.2) is 0 Å². The van der Waals surface area contributed by atoms with E-state index in [1.807, 2.05) is 12.1 Å². The number of rotatable bonds is 3. The van der Waals surface area contributed by atoms with Crippen molar-refractivity contribution in [1.82, 2.24) is 4.90 Å². The van der Waals surface area contributed by atoms with Gasteiger partial charge < -0.3 is 15.5 Å². The predicted molar refractivity (Wildman–Crippen MR) is 79.5 cm³/mol. The highest BCUT2D eigenvalue weighted by Gasteiger charge is 2.21. The van der Waals surface area contributed by atoms with Crippen LogP contribution in [0, 0.1) is 0 Å². The molecule has 0 heterocycles. The van der Waals surface area contributed by atoms with Gasteiger partial charge in [-0.05, 0) is 31.0 Å². The van der Waals surface area contributed by atoms with Crippen LogP contribution in [-0.4, -0.2) is 38.0 Å². The maximum Gasteiger partial charge on any atom is 0.253 e. The highest BCUT2D eigenvalue weighted by molar-refractivity contribution is 5.95. The molecule has 4 nitrogen and oxygen atoms in total. The summed E-state index contributed by atoms with van der Waals surface area (Å²) in [7, 11) is 5.59. The number of nitrogens with zero attached hydrogens (tertiary/aromatic N) is 2. The lowest BCUT2D eigenvalue weighted by atomic mass is 10.1. The van der Waals surface area contributed by atoms with Gasteiger partial charge in [0.25, 0.3) is 5.91 Å². The molecule has 1 fully saturated rings. The molecule has 1 aliphatic carbocycles. The Morgan fingerprint density at radius 1 is 1.21 bits per heavy atom. The topological polar surface area (TPSA) is 49.6 Å². The van der Waals surface area contributed by atoms with Gasteiger partial charge in [0.05, 0.1) is 11.4 Å². The van der Waals surface area contributed by atoms with E-state index >= 15 is 0 Å². The minimum absolute atomic E-state index is 0.0123. The number of anilines is 2. The number of hydrogen-bond donors (Lipinski definition) is 1. The molecule has 0 aliphatic heterocycles. The summed E-state index contributed by atoms with van der Waals surface area (Å²) in [5.41, 5.74) is 8.47. The lowest BCUT2D eigenvalue weighted by Crippen LogP contribution is -2.29. The van der Waals surface area contributed by atoms with Crippen LogP contribution in [0.2, 0.25) is 0 Å². The molecule has 0 saturated heterocycles. The van der Waals surface area contributed by atoms with Crippen LogP contribution in [0.4, 0.5) is 11.4 Å². The summed E-state index contributed by atoms with van der Waals surface area (Å²) in [5.74, 6) is -0.0123. The van der Waals surface area contributed by atoms with Crippen LogP contribution in [0.5, 0.6) is 0 Å². The quantitative estimate of drug-likeness (QED) is 0.850. The van der Waals surface area contributed by atoms with Crippen molar-refractivity contribution in [3.05, 3.63) is 23.8 Å². The van der Waals surface area contributed by atoms with Crippen LogP contribution < -0.4 is 10.6 Å². The molecule has 1 aromatic rings. The second-order valence-corrected chi connectivity index (χ2v) is 5.52. The predicted octanol–water partition coefficient (Wildman–Crippen LogP) is 2.35. The Labute approximate surface area is 115 Å². The number of carbonyl (C=O) groups is 1. The van der Waals surface area contributed by atoms with Gasteiger partial charge in [-0.1, -0.05) is 12.8 Å². The highest BCUT2D eigenvalue weighted by Crippen LogP contribution is 2.31. The zero-order valence-electron chi connectivity index (χ0n) is 12.0. The average molecular weight is 261 g/mol. The number of amides is 1. The average Bonchev–Trinajstić information content (AvgIpc) is 2.90. The Kier molecular flexibility index (Phi) is 3.98. The maximum atomic E-state index is 11.9. The zero-order chi connectivity index (χ0) is 14.0. The zero-order valence-corrected chi connectivity index (χ0v) is 12.0. The van der Waals surface area contributed by atoms with Crippen LogP contribution in [0.3, 0.4) is 0 Å². The van der Waals surface area contributed by atoms with Gasteiger partial charge in [0.15, 0.2) is 0 Å². The molecule has 4 heteroatoms. The van der Waals surface area contributed by atoms with Gasteiger partial charge in [0.1, 0.15) is 0 Å². The second-order valence-electron chi connectivity index (χ2n) is 5.52. The first-order valence-corrected chi connectivity index (χ1v) is 6.84. The van der Waals surface area contributed by atoms with Crippen LogP contribution in [0.1, 0.15) is 36.0 Å². The first-order chi connectivity index (χ1) is 9.00. The van der Waals surface area contributed by atoms with E-state index in [9.17, 15) is 4.79 Å². The van der Waals surface area contributed by atoms with Crippen LogP contribution in [0.25, 0.3) is 0 Å². The number of carbonyl (C=O) groups excluding carboxylic acids is 1. The molecule has 104 valence electrons. The summed E-state index contributed by atoms with van der Waals surface area (Å²) >= 11 is 0. The van der Waals surface area contributed by atoms with E-state index < -0.39 is 0 Å². The van der Waals surface area contributed by atoms with E-state index in [0.29, 0.717) is 17.3 Å². The Balaban J connectivity index is 2.21. The molecule has 1 amide bonds. The molecule has 1 saturated carbocycles. The van der Waals surface area contributed by atoms with E-state index in [-0.39, 0.29) is 5.91 Å². The molecule has 0 bridgehead atoms. The molecule has 2 rings (SSSR count). The molecule has 1 aromatic carbocycles. The Hall–Kier alpha value is -1.71. The summed E-state index contributed by atoms with van der Waals surface area (Å²) < 4.78 is 0.